The number of ether oxygens (including phenoxy) is 2. The Morgan fingerprint density at radius 1 is 1.40 bits per heavy atom. The highest BCUT2D eigenvalue weighted by atomic mass is 35.5. The maximum atomic E-state index is 13.8. The van der Waals surface area contributed by atoms with E-state index in [0.717, 1.165) is 0 Å². The second-order valence-electron chi connectivity index (χ2n) is 3.86. The van der Waals surface area contributed by atoms with Gasteiger partial charge in [-0.25, -0.2) is 4.39 Å². The number of esters is 1. The van der Waals surface area contributed by atoms with Crippen LogP contribution in [0.25, 0.3) is 0 Å². The van der Waals surface area contributed by atoms with Gasteiger partial charge in [0.2, 0.25) is 0 Å². The minimum absolute atomic E-state index is 0. The second kappa shape index (κ2) is 9.00. The van der Waals surface area contributed by atoms with E-state index in [1.54, 1.807) is 13.8 Å². The van der Waals surface area contributed by atoms with Gasteiger partial charge in [-0.1, -0.05) is 11.6 Å². The summed E-state index contributed by atoms with van der Waals surface area (Å²) in [6.45, 7) is 4.03. The third kappa shape index (κ3) is 5.15. The van der Waals surface area contributed by atoms with E-state index in [4.69, 9.17) is 26.8 Å². The smallest absolute Gasteiger partial charge is 0.307 e. The molecule has 0 unspecified atom stereocenters. The third-order valence-corrected chi connectivity index (χ3v) is 2.71. The standard InChI is InChI=1S/C13H17ClFNO3.ClH/c1-3-18-12(17)7-11(16)8-5-9(14)13(19-4-2)10(15)6-8;/h5-6,11H,3-4,7,16H2,1-2H3;1H/t11-;/m1./s1. The zero-order chi connectivity index (χ0) is 14.4. The summed E-state index contributed by atoms with van der Waals surface area (Å²) in [5.41, 5.74) is 6.25. The van der Waals surface area contributed by atoms with Gasteiger partial charge in [-0.05, 0) is 31.5 Å². The lowest BCUT2D eigenvalue weighted by atomic mass is 10.0. The van der Waals surface area contributed by atoms with Gasteiger partial charge in [0.05, 0.1) is 24.7 Å². The first-order chi connectivity index (χ1) is 8.99. The maximum Gasteiger partial charge on any atom is 0.307 e. The zero-order valence-corrected chi connectivity index (χ0v) is 12.9. The van der Waals surface area contributed by atoms with Crippen LogP contribution in [0.3, 0.4) is 0 Å². The van der Waals surface area contributed by atoms with E-state index in [1.807, 2.05) is 0 Å². The molecule has 0 heterocycles. The Morgan fingerprint density at radius 2 is 2.05 bits per heavy atom. The molecular weight excluding hydrogens is 308 g/mol. The van der Waals surface area contributed by atoms with Crippen molar-refractivity contribution >= 4 is 30.0 Å². The van der Waals surface area contributed by atoms with Crippen molar-refractivity contribution in [1.82, 2.24) is 0 Å². The van der Waals surface area contributed by atoms with Gasteiger partial charge in [0.15, 0.2) is 11.6 Å². The molecule has 0 aliphatic rings. The Kier molecular flexibility index (Phi) is 8.53. The fraction of sp³-hybridized carbons (Fsp3) is 0.462. The van der Waals surface area contributed by atoms with Crippen molar-refractivity contribution in [3.05, 3.63) is 28.5 Å². The third-order valence-electron chi connectivity index (χ3n) is 2.43. The minimum Gasteiger partial charge on any atom is -0.489 e. The SMILES string of the molecule is CCOC(=O)C[C@@H](N)c1cc(F)c(OCC)c(Cl)c1.Cl. The maximum absolute atomic E-state index is 13.8. The number of halogens is 3. The molecule has 1 aromatic carbocycles. The predicted octanol–water partition coefficient (Wildman–Crippen LogP) is 3.25. The van der Waals surface area contributed by atoms with Crippen molar-refractivity contribution in [3.8, 4) is 5.75 Å². The van der Waals surface area contributed by atoms with Crippen LogP contribution in [-0.2, 0) is 9.53 Å². The first-order valence-electron chi connectivity index (χ1n) is 6.02. The van der Waals surface area contributed by atoms with Crippen LogP contribution in [0.4, 0.5) is 4.39 Å². The molecule has 0 amide bonds. The zero-order valence-electron chi connectivity index (χ0n) is 11.3. The summed E-state index contributed by atoms with van der Waals surface area (Å²) in [7, 11) is 0. The Balaban J connectivity index is 0.00000361. The van der Waals surface area contributed by atoms with Gasteiger partial charge in [-0.3, -0.25) is 4.79 Å². The molecule has 0 fully saturated rings. The lowest BCUT2D eigenvalue weighted by Gasteiger charge is -2.14. The molecular formula is C13H18Cl2FNO3. The van der Waals surface area contributed by atoms with Gasteiger partial charge < -0.3 is 15.2 Å². The summed E-state index contributed by atoms with van der Waals surface area (Å²) in [6, 6.07) is 2.06. The van der Waals surface area contributed by atoms with Crippen LogP contribution in [0.15, 0.2) is 12.1 Å². The van der Waals surface area contributed by atoms with Crippen molar-refractivity contribution in [2.75, 3.05) is 13.2 Å². The lowest BCUT2D eigenvalue weighted by molar-refractivity contribution is -0.143. The molecule has 0 aromatic heterocycles. The van der Waals surface area contributed by atoms with Crippen LogP contribution in [-0.4, -0.2) is 19.2 Å². The molecule has 0 spiro atoms. The molecule has 0 radical (unpaired) electrons. The van der Waals surface area contributed by atoms with Crippen LogP contribution < -0.4 is 10.5 Å². The predicted molar refractivity (Wildman–Crippen MR) is 78.0 cm³/mol. The highest BCUT2D eigenvalue weighted by molar-refractivity contribution is 6.32. The molecule has 0 aliphatic heterocycles. The van der Waals surface area contributed by atoms with E-state index in [9.17, 15) is 9.18 Å². The Bertz CT molecular complexity index is 434. The van der Waals surface area contributed by atoms with E-state index in [0.29, 0.717) is 12.2 Å². The molecule has 0 saturated heterocycles. The number of hydrogen-bond acceptors (Lipinski definition) is 4. The molecule has 1 rings (SSSR count). The first-order valence-corrected chi connectivity index (χ1v) is 6.40. The first kappa shape index (κ1) is 19.0. The van der Waals surface area contributed by atoms with E-state index in [1.165, 1.54) is 12.1 Å². The van der Waals surface area contributed by atoms with Crippen molar-refractivity contribution in [1.29, 1.82) is 0 Å². The topological polar surface area (TPSA) is 61.5 Å². The molecule has 0 saturated carbocycles. The summed E-state index contributed by atoms with van der Waals surface area (Å²) < 4.78 is 23.6. The number of hydrogen-bond donors (Lipinski definition) is 1. The van der Waals surface area contributed by atoms with Crippen LogP contribution in [0, 0.1) is 5.82 Å². The average Bonchev–Trinajstić information content (AvgIpc) is 2.33. The number of carbonyl (C=O) groups excluding carboxylic acids is 1. The molecule has 1 atom stereocenters. The molecule has 7 heteroatoms. The summed E-state index contributed by atoms with van der Waals surface area (Å²) in [4.78, 5) is 11.3. The summed E-state index contributed by atoms with van der Waals surface area (Å²) in [6.07, 6.45) is -0.0302. The van der Waals surface area contributed by atoms with E-state index in [-0.39, 0.29) is 36.2 Å². The molecule has 0 aliphatic carbocycles. The highest BCUT2D eigenvalue weighted by Crippen LogP contribution is 2.31. The number of carbonyl (C=O) groups is 1. The van der Waals surface area contributed by atoms with Gasteiger partial charge in [-0.2, -0.15) is 0 Å². The Morgan fingerprint density at radius 3 is 2.55 bits per heavy atom. The van der Waals surface area contributed by atoms with Gasteiger partial charge in [0.25, 0.3) is 0 Å². The molecule has 0 bridgehead atoms. The number of nitrogens with two attached hydrogens (primary N) is 1. The van der Waals surface area contributed by atoms with Gasteiger partial charge in [0, 0.05) is 6.04 Å². The van der Waals surface area contributed by atoms with Crippen molar-refractivity contribution in [2.24, 2.45) is 5.73 Å². The minimum atomic E-state index is -0.665. The van der Waals surface area contributed by atoms with Gasteiger partial charge in [0.1, 0.15) is 0 Å². The summed E-state index contributed by atoms with van der Waals surface area (Å²) >= 11 is 5.92. The fourth-order valence-electron chi connectivity index (χ4n) is 1.59. The number of rotatable bonds is 6. The molecule has 114 valence electrons. The Hall–Kier alpha value is -1.04. The highest BCUT2D eigenvalue weighted by Gasteiger charge is 2.17. The number of benzene rings is 1. The van der Waals surface area contributed by atoms with Gasteiger partial charge >= 0.3 is 5.97 Å². The van der Waals surface area contributed by atoms with E-state index < -0.39 is 17.8 Å². The summed E-state index contributed by atoms with van der Waals surface area (Å²) in [5.74, 6) is -1.03. The van der Waals surface area contributed by atoms with Crippen LogP contribution in [0.5, 0.6) is 5.75 Å². The molecule has 2 N–H and O–H groups in total. The second-order valence-corrected chi connectivity index (χ2v) is 4.27. The van der Waals surface area contributed by atoms with Crippen LogP contribution in [0.1, 0.15) is 31.9 Å². The van der Waals surface area contributed by atoms with E-state index >= 15 is 0 Å². The summed E-state index contributed by atoms with van der Waals surface area (Å²) in [5, 5.41) is 0.135. The quantitative estimate of drug-likeness (QED) is 0.815. The largest absolute Gasteiger partial charge is 0.489 e. The molecule has 4 nitrogen and oxygen atoms in total. The van der Waals surface area contributed by atoms with Crippen molar-refractivity contribution < 1.29 is 18.7 Å². The molecule has 1 aromatic rings. The average molecular weight is 326 g/mol. The lowest BCUT2D eigenvalue weighted by Crippen LogP contribution is -2.17. The van der Waals surface area contributed by atoms with Crippen LogP contribution in [0.2, 0.25) is 5.02 Å². The normalized spacial score (nSPS) is 11.4. The van der Waals surface area contributed by atoms with Crippen molar-refractivity contribution in [2.45, 2.75) is 26.3 Å². The monoisotopic (exact) mass is 325 g/mol. The molecule has 20 heavy (non-hydrogen) atoms. The van der Waals surface area contributed by atoms with Crippen LogP contribution >= 0.6 is 24.0 Å². The van der Waals surface area contributed by atoms with E-state index in [2.05, 4.69) is 0 Å². The fourth-order valence-corrected chi connectivity index (χ4v) is 1.86. The Labute approximate surface area is 128 Å². The van der Waals surface area contributed by atoms with Crippen molar-refractivity contribution in [3.63, 3.8) is 0 Å². The van der Waals surface area contributed by atoms with Gasteiger partial charge in [-0.15, -0.1) is 12.4 Å².